The van der Waals surface area contributed by atoms with E-state index in [1.54, 1.807) is 0 Å². The number of hydrogen-bond donors (Lipinski definition) is 1. The third-order valence-corrected chi connectivity index (χ3v) is 4.35. The second-order valence-corrected chi connectivity index (χ2v) is 5.57. The number of nitrogens with zero attached hydrogens (tertiary/aromatic N) is 1. The Kier molecular flexibility index (Phi) is 4.25. The molecule has 5 nitrogen and oxygen atoms in total. The molecule has 2 rings (SSSR count). The van der Waals surface area contributed by atoms with Gasteiger partial charge in [0.25, 0.3) is 0 Å². The number of methoxy groups -OCH3 is 1. The molecule has 0 bridgehead atoms. The normalized spacial score (nSPS) is 29.4. The predicted molar refractivity (Wildman–Crippen MR) is 68.3 cm³/mol. The highest BCUT2D eigenvalue weighted by atomic mass is 16.5. The standard InChI is InChI=1S/C13H24N2O3/c1-14-11(10-5-4-6-15(2)7-10)13(8-18-9-13)12(16)17-3/h10-11,14H,4-9H2,1-3H3. The van der Waals surface area contributed by atoms with Gasteiger partial charge in [0.15, 0.2) is 0 Å². The minimum absolute atomic E-state index is 0.138. The van der Waals surface area contributed by atoms with Crippen LogP contribution in [-0.4, -0.2) is 64.4 Å². The zero-order valence-corrected chi connectivity index (χ0v) is 11.6. The second-order valence-electron chi connectivity index (χ2n) is 5.57. The minimum Gasteiger partial charge on any atom is -0.468 e. The van der Waals surface area contributed by atoms with E-state index in [0.717, 1.165) is 19.5 Å². The van der Waals surface area contributed by atoms with Crippen LogP contribution in [0.15, 0.2) is 0 Å². The summed E-state index contributed by atoms with van der Waals surface area (Å²) >= 11 is 0. The molecule has 18 heavy (non-hydrogen) atoms. The molecule has 5 heteroatoms. The van der Waals surface area contributed by atoms with E-state index in [-0.39, 0.29) is 12.0 Å². The molecule has 2 atom stereocenters. The Bertz CT molecular complexity index is 305. The molecule has 2 heterocycles. The molecule has 0 amide bonds. The SMILES string of the molecule is CNC(C1CCCN(C)C1)C1(C(=O)OC)COC1. The van der Waals surface area contributed by atoms with Crippen LogP contribution in [0.25, 0.3) is 0 Å². The van der Waals surface area contributed by atoms with E-state index in [1.807, 2.05) is 7.05 Å². The molecule has 104 valence electrons. The molecular weight excluding hydrogens is 232 g/mol. The van der Waals surface area contributed by atoms with Crippen LogP contribution in [0.3, 0.4) is 0 Å². The molecule has 0 saturated carbocycles. The zero-order valence-electron chi connectivity index (χ0n) is 11.6. The topological polar surface area (TPSA) is 50.8 Å². The summed E-state index contributed by atoms with van der Waals surface area (Å²) in [4.78, 5) is 14.4. The fourth-order valence-corrected chi connectivity index (χ4v) is 3.39. The maximum Gasteiger partial charge on any atom is 0.318 e. The molecule has 0 aromatic rings. The van der Waals surface area contributed by atoms with Crippen molar-refractivity contribution in [3.63, 3.8) is 0 Å². The highest BCUT2D eigenvalue weighted by molar-refractivity contribution is 5.79. The second kappa shape index (κ2) is 5.55. The van der Waals surface area contributed by atoms with E-state index < -0.39 is 5.41 Å². The molecule has 2 aliphatic rings. The number of carbonyl (C=O) groups excluding carboxylic acids is 1. The van der Waals surface area contributed by atoms with Gasteiger partial charge in [-0.2, -0.15) is 0 Å². The Morgan fingerprint density at radius 1 is 1.56 bits per heavy atom. The summed E-state index contributed by atoms with van der Waals surface area (Å²) in [6.45, 7) is 3.13. The van der Waals surface area contributed by atoms with Crippen LogP contribution in [0.4, 0.5) is 0 Å². The molecule has 0 radical (unpaired) electrons. The lowest BCUT2D eigenvalue weighted by Crippen LogP contribution is -2.65. The van der Waals surface area contributed by atoms with Crippen molar-refractivity contribution in [3.05, 3.63) is 0 Å². The van der Waals surface area contributed by atoms with Crippen LogP contribution >= 0.6 is 0 Å². The molecule has 2 aliphatic heterocycles. The predicted octanol–water partition coefficient (Wildman–Crippen LogP) is 0.106. The van der Waals surface area contributed by atoms with Gasteiger partial charge in [0, 0.05) is 12.6 Å². The van der Waals surface area contributed by atoms with E-state index in [9.17, 15) is 4.79 Å². The first kappa shape index (κ1) is 13.8. The van der Waals surface area contributed by atoms with Crippen LogP contribution in [-0.2, 0) is 14.3 Å². The zero-order chi connectivity index (χ0) is 13.2. The summed E-state index contributed by atoms with van der Waals surface area (Å²) in [6, 6.07) is 0.140. The van der Waals surface area contributed by atoms with Crippen molar-refractivity contribution in [2.75, 3.05) is 47.5 Å². The van der Waals surface area contributed by atoms with Gasteiger partial charge in [0.2, 0.25) is 0 Å². The lowest BCUT2D eigenvalue weighted by Gasteiger charge is -2.48. The van der Waals surface area contributed by atoms with E-state index >= 15 is 0 Å². The number of hydrogen-bond acceptors (Lipinski definition) is 5. The van der Waals surface area contributed by atoms with Crippen LogP contribution in [0.2, 0.25) is 0 Å². The number of ether oxygens (including phenoxy) is 2. The third-order valence-electron chi connectivity index (χ3n) is 4.35. The fraction of sp³-hybridized carbons (Fsp3) is 0.923. The molecule has 2 fully saturated rings. The van der Waals surface area contributed by atoms with Crippen molar-refractivity contribution in [2.45, 2.75) is 18.9 Å². The Hall–Kier alpha value is -0.650. The Balaban J connectivity index is 2.13. The summed E-state index contributed by atoms with van der Waals surface area (Å²) in [5.74, 6) is 0.345. The van der Waals surface area contributed by atoms with Crippen molar-refractivity contribution in [1.82, 2.24) is 10.2 Å². The molecule has 2 saturated heterocycles. The first-order valence-corrected chi connectivity index (χ1v) is 6.66. The molecule has 0 aliphatic carbocycles. The Labute approximate surface area is 109 Å². The van der Waals surface area contributed by atoms with Crippen molar-refractivity contribution in [3.8, 4) is 0 Å². The molecule has 0 spiro atoms. The average Bonchev–Trinajstić information content (AvgIpc) is 2.32. The van der Waals surface area contributed by atoms with Gasteiger partial charge in [-0.15, -0.1) is 0 Å². The average molecular weight is 256 g/mol. The Morgan fingerprint density at radius 2 is 2.28 bits per heavy atom. The van der Waals surface area contributed by atoms with E-state index in [2.05, 4.69) is 17.3 Å². The van der Waals surface area contributed by atoms with E-state index in [1.165, 1.54) is 13.5 Å². The van der Waals surface area contributed by atoms with Crippen molar-refractivity contribution >= 4 is 5.97 Å². The summed E-state index contributed by atoms with van der Waals surface area (Å²) in [7, 11) is 5.53. The lowest BCUT2D eigenvalue weighted by atomic mass is 9.70. The number of carbonyl (C=O) groups is 1. The maximum absolute atomic E-state index is 12.1. The maximum atomic E-state index is 12.1. The first-order chi connectivity index (χ1) is 8.64. The minimum atomic E-state index is -0.480. The highest BCUT2D eigenvalue weighted by Gasteiger charge is 2.55. The summed E-state index contributed by atoms with van der Waals surface area (Å²) in [5.41, 5.74) is -0.480. The first-order valence-electron chi connectivity index (χ1n) is 6.66. The van der Waals surface area contributed by atoms with Gasteiger partial charge >= 0.3 is 5.97 Å². The van der Waals surface area contributed by atoms with Gasteiger partial charge < -0.3 is 19.7 Å². The Morgan fingerprint density at radius 3 is 2.72 bits per heavy atom. The van der Waals surface area contributed by atoms with Gasteiger partial charge in [0.1, 0.15) is 5.41 Å². The van der Waals surface area contributed by atoms with Gasteiger partial charge in [-0.3, -0.25) is 4.79 Å². The van der Waals surface area contributed by atoms with E-state index in [4.69, 9.17) is 9.47 Å². The van der Waals surface area contributed by atoms with Crippen molar-refractivity contribution < 1.29 is 14.3 Å². The summed E-state index contributed by atoms with van der Waals surface area (Å²) in [5, 5.41) is 3.34. The largest absolute Gasteiger partial charge is 0.468 e. The molecular formula is C13H24N2O3. The fourth-order valence-electron chi connectivity index (χ4n) is 3.39. The number of rotatable bonds is 4. The van der Waals surface area contributed by atoms with Crippen molar-refractivity contribution in [1.29, 1.82) is 0 Å². The molecule has 1 N–H and O–H groups in total. The van der Waals surface area contributed by atoms with Crippen LogP contribution in [0.5, 0.6) is 0 Å². The number of piperidine rings is 1. The number of nitrogens with one attached hydrogen (secondary N) is 1. The monoisotopic (exact) mass is 256 g/mol. The van der Waals surface area contributed by atoms with Gasteiger partial charge in [-0.1, -0.05) is 0 Å². The molecule has 2 unspecified atom stereocenters. The van der Waals surface area contributed by atoms with Gasteiger partial charge in [-0.25, -0.2) is 0 Å². The summed E-state index contributed by atoms with van der Waals surface area (Å²) in [6.07, 6.45) is 2.35. The molecule has 0 aromatic carbocycles. The number of esters is 1. The van der Waals surface area contributed by atoms with Crippen LogP contribution in [0, 0.1) is 11.3 Å². The lowest BCUT2D eigenvalue weighted by molar-refractivity contribution is -0.193. The van der Waals surface area contributed by atoms with Gasteiger partial charge in [0.05, 0.1) is 20.3 Å². The number of likely N-dealkylation sites (tertiary alicyclic amines) is 1. The van der Waals surface area contributed by atoms with Gasteiger partial charge in [-0.05, 0) is 39.4 Å². The van der Waals surface area contributed by atoms with E-state index in [0.29, 0.717) is 19.1 Å². The third kappa shape index (κ3) is 2.27. The summed E-state index contributed by atoms with van der Waals surface area (Å²) < 4.78 is 10.3. The highest BCUT2D eigenvalue weighted by Crippen LogP contribution is 2.38. The van der Waals surface area contributed by atoms with Crippen molar-refractivity contribution in [2.24, 2.45) is 11.3 Å². The smallest absolute Gasteiger partial charge is 0.318 e. The molecule has 0 aromatic heterocycles. The quantitative estimate of drug-likeness (QED) is 0.723. The van der Waals surface area contributed by atoms with Crippen LogP contribution < -0.4 is 5.32 Å². The van der Waals surface area contributed by atoms with Crippen LogP contribution in [0.1, 0.15) is 12.8 Å².